The fourth-order valence-corrected chi connectivity index (χ4v) is 2.58. The van der Waals surface area contributed by atoms with Gasteiger partial charge in [-0.2, -0.15) is 0 Å². The lowest BCUT2D eigenvalue weighted by atomic mass is 9.93. The van der Waals surface area contributed by atoms with E-state index in [4.69, 9.17) is 9.47 Å². The number of benzene rings is 1. The van der Waals surface area contributed by atoms with Crippen molar-refractivity contribution in [3.05, 3.63) is 47.0 Å². The van der Waals surface area contributed by atoms with Crippen LogP contribution in [0.15, 0.2) is 24.8 Å². The molecule has 1 rings (SSSR count). The van der Waals surface area contributed by atoms with E-state index >= 15 is 0 Å². The number of rotatable bonds is 7. The van der Waals surface area contributed by atoms with Crippen LogP contribution in [0.3, 0.4) is 0 Å². The maximum absolute atomic E-state index is 12.6. The van der Waals surface area contributed by atoms with Crippen LogP contribution in [0.2, 0.25) is 0 Å². The molecule has 0 spiro atoms. The largest absolute Gasteiger partial charge is 0.457 e. The van der Waals surface area contributed by atoms with E-state index < -0.39 is 17.2 Å². The van der Waals surface area contributed by atoms with Crippen LogP contribution in [0.25, 0.3) is 0 Å². The second-order valence-electron chi connectivity index (χ2n) is 7.79. The van der Waals surface area contributed by atoms with Gasteiger partial charge in [-0.3, -0.25) is 0 Å². The van der Waals surface area contributed by atoms with Gasteiger partial charge in [-0.15, -0.1) is 0 Å². The summed E-state index contributed by atoms with van der Waals surface area (Å²) in [6, 6.07) is 3.91. The number of hydrogen-bond donors (Lipinski definition) is 0. The van der Waals surface area contributed by atoms with E-state index in [2.05, 4.69) is 6.58 Å². The minimum Gasteiger partial charge on any atom is -0.457 e. The van der Waals surface area contributed by atoms with Crippen LogP contribution in [0, 0.1) is 20.8 Å². The summed E-state index contributed by atoms with van der Waals surface area (Å²) in [6.45, 7) is 20.7. The quantitative estimate of drug-likeness (QED) is 0.442. The summed E-state index contributed by atoms with van der Waals surface area (Å²) < 4.78 is 11.1. The lowest BCUT2D eigenvalue weighted by Gasteiger charge is -2.31. The Hall–Kier alpha value is -2.10. The molecular weight excluding hydrogens is 340 g/mol. The molecule has 1 aromatic carbocycles. The molecule has 0 aliphatic carbocycles. The highest BCUT2D eigenvalue weighted by atomic mass is 16.6. The fraction of sp³-hybridized carbons (Fsp3) is 0.565. The van der Waals surface area contributed by atoms with E-state index in [9.17, 15) is 9.59 Å². The maximum Gasteiger partial charge on any atom is 0.338 e. The Kier molecular flexibility index (Phi) is 9.49. The second-order valence-corrected chi connectivity index (χ2v) is 7.79. The lowest BCUT2D eigenvalue weighted by molar-refractivity contribution is -0.151. The van der Waals surface area contributed by atoms with Crippen LogP contribution in [0.5, 0.6) is 0 Å². The molecule has 0 unspecified atom stereocenters. The summed E-state index contributed by atoms with van der Waals surface area (Å²) in [5, 5.41) is 0. The predicted octanol–water partition coefficient (Wildman–Crippen LogP) is 5.86. The molecular formula is C23H36O4. The molecule has 0 amide bonds. The van der Waals surface area contributed by atoms with Gasteiger partial charge in [0.2, 0.25) is 0 Å². The Morgan fingerprint density at radius 2 is 1.44 bits per heavy atom. The van der Waals surface area contributed by atoms with E-state index in [1.165, 1.54) is 0 Å². The van der Waals surface area contributed by atoms with Crippen molar-refractivity contribution in [3.63, 3.8) is 0 Å². The zero-order valence-electron chi connectivity index (χ0n) is 18.5. The SMILES string of the molecule is C=CC(=O)OC(C)(C)CCC(C)(C)OC(=O)c1cc(C)cc(C)c1C.CC. The normalized spacial score (nSPS) is 11.1. The number of carbonyl (C=O) groups is 2. The fourth-order valence-electron chi connectivity index (χ4n) is 2.58. The van der Waals surface area contributed by atoms with Gasteiger partial charge in [-0.05, 0) is 84.1 Å². The first-order valence-electron chi connectivity index (χ1n) is 9.53. The zero-order chi connectivity index (χ0) is 21.4. The maximum atomic E-state index is 12.6. The summed E-state index contributed by atoms with van der Waals surface area (Å²) >= 11 is 0. The smallest absolute Gasteiger partial charge is 0.338 e. The molecule has 4 nitrogen and oxygen atoms in total. The van der Waals surface area contributed by atoms with Gasteiger partial charge in [0.1, 0.15) is 11.2 Å². The van der Waals surface area contributed by atoms with Crippen molar-refractivity contribution >= 4 is 11.9 Å². The molecule has 0 radical (unpaired) electrons. The van der Waals surface area contributed by atoms with Crippen molar-refractivity contribution in [2.75, 3.05) is 0 Å². The molecule has 0 heterocycles. The Morgan fingerprint density at radius 3 is 1.93 bits per heavy atom. The van der Waals surface area contributed by atoms with Gasteiger partial charge >= 0.3 is 11.9 Å². The third-order valence-corrected chi connectivity index (χ3v) is 4.27. The molecule has 1 aromatic rings. The molecule has 0 N–H and O–H groups in total. The van der Waals surface area contributed by atoms with E-state index in [1.54, 1.807) is 0 Å². The molecule has 0 bridgehead atoms. The van der Waals surface area contributed by atoms with E-state index in [1.807, 2.05) is 74.4 Å². The first-order chi connectivity index (χ1) is 12.4. The Bertz CT molecular complexity index is 669. The first-order valence-corrected chi connectivity index (χ1v) is 9.53. The number of ether oxygens (including phenoxy) is 2. The Morgan fingerprint density at radius 1 is 0.963 bits per heavy atom. The van der Waals surface area contributed by atoms with Crippen LogP contribution in [-0.2, 0) is 14.3 Å². The summed E-state index contributed by atoms with van der Waals surface area (Å²) in [5.74, 6) is -0.777. The van der Waals surface area contributed by atoms with Gasteiger partial charge in [0.15, 0.2) is 0 Å². The number of hydrogen-bond acceptors (Lipinski definition) is 4. The second kappa shape index (κ2) is 10.3. The summed E-state index contributed by atoms with van der Waals surface area (Å²) in [7, 11) is 0. The Balaban J connectivity index is 0.00000326. The van der Waals surface area contributed by atoms with Gasteiger partial charge in [0, 0.05) is 6.08 Å². The average Bonchev–Trinajstić information content (AvgIpc) is 2.57. The molecule has 0 saturated carbocycles. The minimum absolute atomic E-state index is 0.324. The van der Waals surface area contributed by atoms with Crippen molar-refractivity contribution in [3.8, 4) is 0 Å². The molecule has 152 valence electrons. The first kappa shape index (κ1) is 24.9. The summed E-state index contributed by atoms with van der Waals surface area (Å²) in [4.78, 5) is 24.0. The number of aryl methyl sites for hydroxylation is 2. The van der Waals surface area contributed by atoms with E-state index in [0.29, 0.717) is 18.4 Å². The molecule has 27 heavy (non-hydrogen) atoms. The monoisotopic (exact) mass is 376 g/mol. The van der Waals surface area contributed by atoms with E-state index in [0.717, 1.165) is 22.8 Å². The molecule has 0 aromatic heterocycles. The van der Waals surface area contributed by atoms with Crippen molar-refractivity contribution in [1.29, 1.82) is 0 Å². The third kappa shape index (κ3) is 8.42. The predicted molar refractivity (Wildman–Crippen MR) is 111 cm³/mol. The van der Waals surface area contributed by atoms with Gasteiger partial charge in [0.05, 0.1) is 5.56 Å². The lowest BCUT2D eigenvalue weighted by Crippen LogP contribution is -2.34. The molecule has 0 aliphatic rings. The van der Waals surface area contributed by atoms with Crippen molar-refractivity contribution in [2.24, 2.45) is 0 Å². The Labute approximate surface area is 165 Å². The van der Waals surface area contributed by atoms with Crippen LogP contribution >= 0.6 is 0 Å². The third-order valence-electron chi connectivity index (χ3n) is 4.27. The average molecular weight is 377 g/mol. The van der Waals surface area contributed by atoms with Gasteiger partial charge in [0.25, 0.3) is 0 Å². The zero-order valence-corrected chi connectivity index (χ0v) is 18.5. The molecule has 0 aliphatic heterocycles. The van der Waals surface area contributed by atoms with E-state index in [-0.39, 0.29) is 5.97 Å². The molecule has 4 heteroatoms. The highest BCUT2D eigenvalue weighted by Crippen LogP contribution is 2.27. The van der Waals surface area contributed by atoms with Crippen LogP contribution in [-0.4, -0.2) is 23.1 Å². The highest BCUT2D eigenvalue weighted by Gasteiger charge is 2.30. The van der Waals surface area contributed by atoms with Gasteiger partial charge < -0.3 is 9.47 Å². The molecule has 0 fully saturated rings. The highest BCUT2D eigenvalue weighted by molar-refractivity contribution is 5.92. The standard InChI is InChI=1S/C21H30O4.C2H6/c1-9-18(22)24-20(5,6)10-11-21(7,8)25-19(23)17-13-14(2)12-15(3)16(17)4;1-2/h9,12-13H,1,10-11H2,2-8H3;1-2H3. The van der Waals surface area contributed by atoms with Crippen LogP contribution in [0.1, 0.15) is 81.4 Å². The van der Waals surface area contributed by atoms with Gasteiger partial charge in [-0.1, -0.05) is 26.5 Å². The topological polar surface area (TPSA) is 52.6 Å². The van der Waals surface area contributed by atoms with Crippen LogP contribution in [0.4, 0.5) is 0 Å². The minimum atomic E-state index is -0.668. The van der Waals surface area contributed by atoms with Crippen molar-refractivity contribution in [2.45, 2.75) is 86.4 Å². The van der Waals surface area contributed by atoms with Crippen LogP contribution < -0.4 is 0 Å². The van der Waals surface area contributed by atoms with Gasteiger partial charge in [-0.25, -0.2) is 9.59 Å². The van der Waals surface area contributed by atoms with Crippen molar-refractivity contribution in [1.82, 2.24) is 0 Å². The number of carbonyl (C=O) groups excluding carboxylic acids is 2. The molecule has 0 saturated heterocycles. The summed E-state index contributed by atoms with van der Waals surface area (Å²) in [6.07, 6.45) is 2.29. The molecule has 0 atom stereocenters. The van der Waals surface area contributed by atoms with Crippen molar-refractivity contribution < 1.29 is 19.1 Å². The summed E-state index contributed by atoms with van der Waals surface area (Å²) in [5.41, 5.74) is 2.33. The number of esters is 2.